The molecule has 172 valence electrons. The summed E-state index contributed by atoms with van der Waals surface area (Å²) in [6.07, 6.45) is 2.89. The molecule has 0 fully saturated rings. The summed E-state index contributed by atoms with van der Waals surface area (Å²) in [7, 11) is 1.66. The lowest BCUT2D eigenvalue weighted by atomic mass is 10.1. The van der Waals surface area contributed by atoms with Crippen molar-refractivity contribution < 1.29 is 9.47 Å². The fourth-order valence-corrected chi connectivity index (χ4v) is 3.52. The second-order valence-electron chi connectivity index (χ2n) is 7.48. The summed E-state index contributed by atoms with van der Waals surface area (Å²) in [6.45, 7) is 7.64. The van der Waals surface area contributed by atoms with Gasteiger partial charge in [-0.25, -0.2) is 9.67 Å². The largest absolute Gasteiger partial charge is 0.377 e. The van der Waals surface area contributed by atoms with E-state index in [4.69, 9.17) is 14.5 Å². The van der Waals surface area contributed by atoms with Gasteiger partial charge in [-0.3, -0.25) is 4.99 Å². The van der Waals surface area contributed by atoms with Crippen LogP contribution in [0.5, 0.6) is 0 Å². The standard InChI is InChI=1S/C22H34N6O2.HI/c1-4-23-22(24-13-8-14-30-17(2)18-9-6-5-7-10-18)25-19-11-12-21-26-20(16-29-3)27-28(21)15-19;/h5-7,9-10,17,19H,4,8,11-16H2,1-3H3,(H2,23,24,25);1H. The summed E-state index contributed by atoms with van der Waals surface area (Å²) in [6, 6.07) is 10.6. The van der Waals surface area contributed by atoms with Crippen molar-refractivity contribution in [1.82, 2.24) is 25.4 Å². The predicted octanol–water partition coefficient (Wildman–Crippen LogP) is 3.08. The number of fused-ring (bicyclic) bond motifs is 1. The highest BCUT2D eigenvalue weighted by Crippen LogP contribution is 2.16. The van der Waals surface area contributed by atoms with E-state index >= 15 is 0 Å². The number of methoxy groups -OCH3 is 1. The van der Waals surface area contributed by atoms with Gasteiger partial charge in [-0.05, 0) is 32.3 Å². The average Bonchev–Trinajstić information content (AvgIpc) is 3.16. The number of aryl methyl sites for hydroxylation is 1. The topological polar surface area (TPSA) is 85.6 Å². The van der Waals surface area contributed by atoms with Crippen LogP contribution in [0.25, 0.3) is 0 Å². The van der Waals surface area contributed by atoms with Gasteiger partial charge in [0.15, 0.2) is 11.8 Å². The van der Waals surface area contributed by atoms with Crippen molar-refractivity contribution in [3.63, 3.8) is 0 Å². The third-order valence-corrected chi connectivity index (χ3v) is 5.07. The van der Waals surface area contributed by atoms with E-state index < -0.39 is 0 Å². The maximum absolute atomic E-state index is 5.94. The molecule has 2 unspecified atom stereocenters. The van der Waals surface area contributed by atoms with Crippen LogP contribution in [0.1, 0.15) is 50.0 Å². The van der Waals surface area contributed by atoms with Gasteiger partial charge in [-0.15, -0.1) is 24.0 Å². The third-order valence-electron chi connectivity index (χ3n) is 5.07. The fourth-order valence-electron chi connectivity index (χ4n) is 3.52. The lowest BCUT2D eigenvalue weighted by Gasteiger charge is -2.25. The van der Waals surface area contributed by atoms with Gasteiger partial charge < -0.3 is 20.1 Å². The quantitative estimate of drug-likeness (QED) is 0.208. The molecule has 0 saturated heterocycles. The first kappa shape index (κ1) is 25.5. The molecule has 1 aromatic carbocycles. The maximum atomic E-state index is 5.94. The Bertz CT molecular complexity index is 799. The third kappa shape index (κ3) is 8.04. The van der Waals surface area contributed by atoms with E-state index in [0.29, 0.717) is 13.2 Å². The SMILES string of the molecule is CCNC(=NCCCOC(C)c1ccccc1)NC1CCc2nc(COC)nn2C1.I. The highest BCUT2D eigenvalue weighted by Gasteiger charge is 2.22. The molecular weight excluding hydrogens is 507 g/mol. The van der Waals surface area contributed by atoms with E-state index in [2.05, 4.69) is 46.7 Å². The Labute approximate surface area is 202 Å². The minimum atomic E-state index is 0. The van der Waals surface area contributed by atoms with Gasteiger partial charge in [0.1, 0.15) is 12.4 Å². The zero-order valence-corrected chi connectivity index (χ0v) is 21.0. The number of aromatic nitrogens is 3. The Hall–Kier alpha value is -1.72. The summed E-state index contributed by atoms with van der Waals surface area (Å²) in [5.74, 6) is 2.63. The number of halogens is 1. The lowest BCUT2D eigenvalue weighted by molar-refractivity contribution is 0.0652. The van der Waals surface area contributed by atoms with Gasteiger partial charge in [0.25, 0.3) is 0 Å². The van der Waals surface area contributed by atoms with Crippen LogP contribution in [0.3, 0.4) is 0 Å². The Kier molecular flexibility index (Phi) is 11.2. The molecule has 2 heterocycles. The van der Waals surface area contributed by atoms with Crippen molar-refractivity contribution in [2.24, 2.45) is 4.99 Å². The number of hydrogen-bond donors (Lipinski definition) is 2. The zero-order chi connectivity index (χ0) is 21.2. The zero-order valence-electron chi connectivity index (χ0n) is 18.7. The summed E-state index contributed by atoms with van der Waals surface area (Å²) in [5, 5.41) is 11.4. The summed E-state index contributed by atoms with van der Waals surface area (Å²) < 4.78 is 13.1. The Morgan fingerprint density at radius 2 is 2.13 bits per heavy atom. The highest BCUT2D eigenvalue weighted by molar-refractivity contribution is 14.0. The average molecular weight is 542 g/mol. The number of aliphatic imine (C=N–C) groups is 1. The monoisotopic (exact) mass is 542 g/mol. The number of benzene rings is 1. The molecule has 9 heteroatoms. The number of hydrogen-bond acceptors (Lipinski definition) is 5. The van der Waals surface area contributed by atoms with Gasteiger partial charge >= 0.3 is 0 Å². The van der Waals surface area contributed by atoms with Crippen molar-refractivity contribution in [2.45, 2.75) is 58.4 Å². The molecule has 0 aliphatic carbocycles. The molecular formula is C22H35IN6O2. The first-order valence-electron chi connectivity index (χ1n) is 10.8. The van der Waals surface area contributed by atoms with Crippen LogP contribution in [0, 0.1) is 0 Å². The van der Waals surface area contributed by atoms with Crippen molar-refractivity contribution >= 4 is 29.9 Å². The number of guanidine groups is 1. The van der Waals surface area contributed by atoms with Gasteiger partial charge in [0, 0.05) is 39.3 Å². The van der Waals surface area contributed by atoms with Crippen molar-refractivity contribution in [2.75, 3.05) is 26.8 Å². The number of nitrogens with zero attached hydrogens (tertiary/aromatic N) is 4. The van der Waals surface area contributed by atoms with E-state index in [-0.39, 0.29) is 36.1 Å². The molecule has 0 amide bonds. The Balaban J connectivity index is 0.00000341. The van der Waals surface area contributed by atoms with E-state index in [1.165, 1.54) is 5.56 Å². The van der Waals surface area contributed by atoms with Gasteiger partial charge in [-0.1, -0.05) is 30.3 Å². The van der Waals surface area contributed by atoms with Crippen LogP contribution in [-0.2, 0) is 29.0 Å². The molecule has 1 aromatic heterocycles. The van der Waals surface area contributed by atoms with Crippen molar-refractivity contribution in [1.29, 1.82) is 0 Å². The van der Waals surface area contributed by atoms with E-state index in [9.17, 15) is 0 Å². The van der Waals surface area contributed by atoms with Gasteiger partial charge in [-0.2, -0.15) is 5.10 Å². The molecule has 1 aliphatic heterocycles. The molecule has 2 aromatic rings. The molecule has 2 atom stereocenters. The molecule has 0 radical (unpaired) electrons. The van der Waals surface area contributed by atoms with Crippen LogP contribution < -0.4 is 10.6 Å². The fraction of sp³-hybridized carbons (Fsp3) is 0.591. The molecule has 31 heavy (non-hydrogen) atoms. The minimum Gasteiger partial charge on any atom is -0.377 e. The molecule has 0 bridgehead atoms. The van der Waals surface area contributed by atoms with Crippen molar-refractivity contribution in [3.8, 4) is 0 Å². The maximum Gasteiger partial charge on any atom is 0.191 e. The molecule has 2 N–H and O–H groups in total. The summed E-state index contributed by atoms with van der Waals surface area (Å²) in [5.41, 5.74) is 1.20. The van der Waals surface area contributed by atoms with Crippen LogP contribution in [0.15, 0.2) is 35.3 Å². The van der Waals surface area contributed by atoms with Crippen LogP contribution in [0.2, 0.25) is 0 Å². The predicted molar refractivity (Wildman–Crippen MR) is 133 cm³/mol. The Morgan fingerprint density at radius 3 is 2.87 bits per heavy atom. The number of ether oxygens (including phenoxy) is 2. The molecule has 3 rings (SSSR count). The lowest BCUT2D eigenvalue weighted by Crippen LogP contribution is -2.47. The van der Waals surface area contributed by atoms with Crippen molar-refractivity contribution in [3.05, 3.63) is 47.5 Å². The van der Waals surface area contributed by atoms with Crippen LogP contribution in [-0.4, -0.2) is 53.6 Å². The first-order valence-corrected chi connectivity index (χ1v) is 10.8. The minimum absolute atomic E-state index is 0. The summed E-state index contributed by atoms with van der Waals surface area (Å²) >= 11 is 0. The van der Waals surface area contributed by atoms with E-state index in [1.54, 1.807) is 7.11 Å². The number of nitrogens with one attached hydrogen (secondary N) is 2. The normalized spacial score (nSPS) is 16.9. The smallest absolute Gasteiger partial charge is 0.191 e. The molecule has 8 nitrogen and oxygen atoms in total. The highest BCUT2D eigenvalue weighted by atomic mass is 127. The Morgan fingerprint density at radius 1 is 1.32 bits per heavy atom. The molecule has 1 aliphatic rings. The summed E-state index contributed by atoms with van der Waals surface area (Å²) in [4.78, 5) is 9.25. The van der Waals surface area contributed by atoms with Gasteiger partial charge in [0.05, 0.1) is 12.6 Å². The van der Waals surface area contributed by atoms with E-state index in [1.807, 2.05) is 22.9 Å². The van der Waals surface area contributed by atoms with Crippen LogP contribution in [0.4, 0.5) is 0 Å². The van der Waals surface area contributed by atoms with E-state index in [0.717, 1.165) is 56.5 Å². The molecule has 0 saturated carbocycles. The second-order valence-corrected chi connectivity index (χ2v) is 7.48. The van der Waals surface area contributed by atoms with Gasteiger partial charge in [0.2, 0.25) is 0 Å². The molecule has 0 spiro atoms. The second kappa shape index (κ2) is 13.6. The van der Waals surface area contributed by atoms with Crippen LogP contribution >= 0.6 is 24.0 Å². The first-order chi connectivity index (χ1) is 14.7. The number of rotatable bonds is 10.